The Morgan fingerprint density at radius 2 is 1.86 bits per heavy atom. The Morgan fingerprint density at radius 3 is 2.50 bits per heavy atom. The summed E-state index contributed by atoms with van der Waals surface area (Å²) in [4.78, 5) is 0. The molecular formula is C11H18O2Si. The van der Waals surface area contributed by atoms with Gasteiger partial charge in [-0.1, -0.05) is 30.3 Å². The Bertz CT molecular complexity index is 238. The molecule has 1 rings (SSSR count). The van der Waals surface area contributed by atoms with E-state index in [0.717, 1.165) is 12.7 Å². The first-order valence-corrected chi connectivity index (χ1v) is 7.41. The standard InChI is InChI=1S/C11H18O2Si/c1-12-8-9-13-14(2)10-11-6-4-3-5-7-11/h3-7,14H,8-10H2,1-2H3. The minimum absolute atomic E-state index is 0.701. The van der Waals surface area contributed by atoms with Gasteiger partial charge in [-0.2, -0.15) is 0 Å². The second-order valence-corrected chi connectivity index (χ2v) is 5.73. The Morgan fingerprint density at radius 1 is 1.14 bits per heavy atom. The summed E-state index contributed by atoms with van der Waals surface area (Å²) in [6.07, 6.45) is 0. The van der Waals surface area contributed by atoms with Crippen LogP contribution in [-0.4, -0.2) is 29.4 Å². The molecule has 1 unspecified atom stereocenters. The maximum Gasteiger partial charge on any atom is 0.178 e. The third kappa shape index (κ3) is 4.55. The summed E-state index contributed by atoms with van der Waals surface area (Å²) in [6.45, 7) is 3.66. The van der Waals surface area contributed by atoms with Gasteiger partial charge in [0.05, 0.1) is 13.2 Å². The highest BCUT2D eigenvalue weighted by molar-refractivity contribution is 6.49. The Hall–Kier alpha value is -0.643. The number of hydrogen-bond donors (Lipinski definition) is 0. The summed E-state index contributed by atoms with van der Waals surface area (Å²) in [5, 5.41) is 0. The van der Waals surface area contributed by atoms with Gasteiger partial charge in [0.25, 0.3) is 0 Å². The first-order valence-electron chi connectivity index (χ1n) is 4.97. The Balaban J connectivity index is 2.23. The van der Waals surface area contributed by atoms with E-state index in [0.29, 0.717) is 6.61 Å². The van der Waals surface area contributed by atoms with E-state index < -0.39 is 9.04 Å². The van der Waals surface area contributed by atoms with Gasteiger partial charge in [0.15, 0.2) is 9.04 Å². The highest BCUT2D eigenvalue weighted by Crippen LogP contribution is 2.02. The SMILES string of the molecule is COCCO[SiH](C)Cc1ccccc1. The van der Waals surface area contributed by atoms with Crippen molar-refractivity contribution in [1.29, 1.82) is 0 Å². The molecule has 0 aliphatic heterocycles. The van der Waals surface area contributed by atoms with Gasteiger partial charge < -0.3 is 9.16 Å². The van der Waals surface area contributed by atoms with Gasteiger partial charge in [-0.25, -0.2) is 0 Å². The van der Waals surface area contributed by atoms with E-state index in [1.54, 1.807) is 7.11 Å². The zero-order valence-corrected chi connectivity index (χ0v) is 10.1. The quantitative estimate of drug-likeness (QED) is 0.526. The molecule has 0 aliphatic rings. The van der Waals surface area contributed by atoms with Crippen molar-refractivity contribution < 1.29 is 9.16 Å². The van der Waals surface area contributed by atoms with Crippen LogP contribution in [0.2, 0.25) is 6.55 Å². The lowest BCUT2D eigenvalue weighted by Gasteiger charge is -2.10. The lowest BCUT2D eigenvalue weighted by atomic mass is 10.2. The van der Waals surface area contributed by atoms with E-state index in [-0.39, 0.29) is 0 Å². The van der Waals surface area contributed by atoms with Gasteiger partial charge in [0.1, 0.15) is 0 Å². The van der Waals surface area contributed by atoms with Gasteiger partial charge in [-0.05, 0) is 18.2 Å². The smallest absolute Gasteiger partial charge is 0.178 e. The first kappa shape index (κ1) is 11.4. The summed E-state index contributed by atoms with van der Waals surface area (Å²) in [6, 6.07) is 11.6. The zero-order valence-electron chi connectivity index (χ0n) is 8.90. The zero-order chi connectivity index (χ0) is 10.2. The summed E-state index contributed by atoms with van der Waals surface area (Å²) in [5.74, 6) is 0. The molecule has 0 spiro atoms. The molecule has 0 saturated heterocycles. The molecule has 2 nitrogen and oxygen atoms in total. The van der Waals surface area contributed by atoms with Crippen molar-refractivity contribution >= 4 is 9.04 Å². The third-order valence-corrected chi connectivity index (χ3v) is 3.91. The largest absolute Gasteiger partial charge is 0.418 e. The minimum atomic E-state index is -1.04. The van der Waals surface area contributed by atoms with Crippen molar-refractivity contribution in [3.63, 3.8) is 0 Å². The minimum Gasteiger partial charge on any atom is -0.418 e. The van der Waals surface area contributed by atoms with Crippen LogP contribution in [0.15, 0.2) is 30.3 Å². The predicted molar refractivity (Wildman–Crippen MR) is 61.0 cm³/mol. The summed E-state index contributed by atoms with van der Waals surface area (Å²) < 4.78 is 10.6. The van der Waals surface area contributed by atoms with E-state index in [9.17, 15) is 0 Å². The van der Waals surface area contributed by atoms with Gasteiger partial charge >= 0.3 is 0 Å². The van der Waals surface area contributed by atoms with Gasteiger partial charge in [-0.3, -0.25) is 0 Å². The number of ether oxygens (including phenoxy) is 1. The number of rotatable bonds is 6. The molecule has 0 aliphatic carbocycles. The van der Waals surface area contributed by atoms with Crippen molar-refractivity contribution in [2.75, 3.05) is 20.3 Å². The van der Waals surface area contributed by atoms with Crippen molar-refractivity contribution in [3.8, 4) is 0 Å². The van der Waals surface area contributed by atoms with Gasteiger partial charge in [-0.15, -0.1) is 0 Å². The van der Waals surface area contributed by atoms with E-state index in [1.165, 1.54) is 5.56 Å². The molecule has 1 aromatic carbocycles. The molecule has 0 heterocycles. The van der Waals surface area contributed by atoms with Crippen molar-refractivity contribution in [2.24, 2.45) is 0 Å². The number of methoxy groups -OCH3 is 1. The highest BCUT2D eigenvalue weighted by Gasteiger charge is 2.05. The van der Waals surface area contributed by atoms with Crippen molar-refractivity contribution in [1.82, 2.24) is 0 Å². The fourth-order valence-electron chi connectivity index (χ4n) is 1.34. The molecule has 0 aromatic heterocycles. The monoisotopic (exact) mass is 210 g/mol. The van der Waals surface area contributed by atoms with Crippen LogP contribution in [-0.2, 0) is 15.2 Å². The molecular weight excluding hydrogens is 192 g/mol. The van der Waals surface area contributed by atoms with Gasteiger partial charge in [0, 0.05) is 7.11 Å². The van der Waals surface area contributed by atoms with Crippen LogP contribution in [0.5, 0.6) is 0 Å². The van der Waals surface area contributed by atoms with Crippen LogP contribution in [0.25, 0.3) is 0 Å². The maximum absolute atomic E-state index is 5.70. The fourth-order valence-corrected chi connectivity index (χ4v) is 2.89. The molecule has 0 fully saturated rings. The van der Waals surface area contributed by atoms with E-state index >= 15 is 0 Å². The average molecular weight is 210 g/mol. The molecule has 0 radical (unpaired) electrons. The predicted octanol–water partition coefficient (Wildman–Crippen LogP) is 1.78. The van der Waals surface area contributed by atoms with E-state index in [1.807, 2.05) is 6.07 Å². The molecule has 1 atom stereocenters. The van der Waals surface area contributed by atoms with Crippen LogP contribution in [0.3, 0.4) is 0 Å². The van der Waals surface area contributed by atoms with Crippen molar-refractivity contribution in [3.05, 3.63) is 35.9 Å². The summed E-state index contributed by atoms with van der Waals surface area (Å²) in [5.41, 5.74) is 1.38. The van der Waals surface area contributed by atoms with Gasteiger partial charge in [0.2, 0.25) is 0 Å². The Labute approximate surface area is 87.6 Å². The molecule has 1 aromatic rings. The third-order valence-electron chi connectivity index (χ3n) is 2.06. The van der Waals surface area contributed by atoms with Crippen LogP contribution < -0.4 is 0 Å². The molecule has 0 bridgehead atoms. The van der Waals surface area contributed by atoms with Crippen molar-refractivity contribution in [2.45, 2.75) is 12.6 Å². The van der Waals surface area contributed by atoms with Crippen LogP contribution in [0.1, 0.15) is 5.56 Å². The maximum atomic E-state index is 5.70. The first-order chi connectivity index (χ1) is 6.83. The molecule has 78 valence electrons. The highest BCUT2D eigenvalue weighted by atomic mass is 28.3. The van der Waals surface area contributed by atoms with Crippen LogP contribution in [0.4, 0.5) is 0 Å². The lowest BCUT2D eigenvalue weighted by Crippen LogP contribution is -2.19. The number of benzene rings is 1. The molecule has 0 amide bonds. The molecule has 0 N–H and O–H groups in total. The van der Waals surface area contributed by atoms with E-state index in [4.69, 9.17) is 9.16 Å². The molecule has 3 heteroatoms. The lowest BCUT2D eigenvalue weighted by molar-refractivity contribution is 0.146. The number of hydrogen-bond acceptors (Lipinski definition) is 2. The second-order valence-electron chi connectivity index (χ2n) is 3.36. The topological polar surface area (TPSA) is 18.5 Å². The molecule has 0 saturated carbocycles. The fraction of sp³-hybridized carbons (Fsp3) is 0.455. The second kappa shape index (κ2) is 6.76. The summed E-state index contributed by atoms with van der Waals surface area (Å²) >= 11 is 0. The average Bonchev–Trinajstić information content (AvgIpc) is 2.20. The van der Waals surface area contributed by atoms with Crippen LogP contribution in [0, 0.1) is 0 Å². The Kier molecular flexibility index (Phi) is 5.52. The van der Waals surface area contributed by atoms with E-state index in [2.05, 4.69) is 30.8 Å². The van der Waals surface area contributed by atoms with Crippen LogP contribution >= 0.6 is 0 Å². The normalized spacial score (nSPS) is 12.7. The molecule has 14 heavy (non-hydrogen) atoms. The summed E-state index contributed by atoms with van der Waals surface area (Å²) in [7, 11) is 0.661.